The minimum absolute atomic E-state index is 0.00479. The molecule has 0 radical (unpaired) electrons. The minimum Gasteiger partial charge on any atom is -0.324 e. The first-order valence-corrected chi connectivity index (χ1v) is 7.32. The van der Waals surface area contributed by atoms with Crippen molar-refractivity contribution in [3.63, 3.8) is 0 Å². The number of fused-ring (bicyclic) bond motifs is 1. The van der Waals surface area contributed by atoms with Crippen LogP contribution >= 0.6 is 0 Å². The number of hydrogen-bond donors (Lipinski definition) is 1. The van der Waals surface area contributed by atoms with E-state index in [1.165, 1.54) is 0 Å². The van der Waals surface area contributed by atoms with Crippen LogP contribution < -0.4 is 10.2 Å². The van der Waals surface area contributed by atoms with Crippen molar-refractivity contribution in [2.75, 3.05) is 16.8 Å². The van der Waals surface area contributed by atoms with Gasteiger partial charge in [0.1, 0.15) is 6.54 Å². The molecule has 0 fully saturated rings. The molecule has 0 saturated heterocycles. The van der Waals surface area contributed by atoms with Crippen molar-refractivity contribution in [1.82, 2.24) is 4.98 Å². The van der Waals surface area contributed by atoms with Gasteiger partial charge in [-0.3, -0.25) is 14.6 Å². The Hall–Kier alpha value is -2.69. The SMILES string of the molecule is O=C(CN1C(=O)CCCc2ccccc21)Nc1ccncc1. The predicted molar refractivity (Wildman–Crippen MR) is 84.6 cm³/mol. The van der Waals surface area contributed by atoms with Crippen LogP contribution in [0.1, 0.15) is 18.4 Å². The molecule has 3 rings (SSSR count). The third kappa shape index (κ3) is 3.14. The van der Waals surface area contributed by atoms with Gasteiger partial charge in [0.15, 0.2) is 0 Å². The van der Waals surface area contributed by atoms with Gasteiger partial charge in [0.2, 0.25) is 11.8 Å². The Morgan fingerprint density at radius 2 is 1.91 bits per heavy atom. The van der Waals surface area contributed by atoms with Crippen molar-refractivity contribution in [2.45, 2.75) is 19.3 Å². The number of aryl methyl sites for hydroxylation is 1. The number of carbonyl (C=O) groups excluding carboxylic acids is 2. The fourth-order valence-corrected chi connectivity index (χ4v) is 2.64. The molecule has 112 valence electrons. The fraction of sp³-hybridized carbons (Fsp3) is 0.235. The number of hydrogen-bond acceptors (Lipinski definition) is 3. The second kappa shape index (κ2) is 6.39. The lowest BCUT2D eigenvalue weighted by Crippen LogP contribution is -2.37. The summed E-state index contributed by atoms with van der Waals surface area (Å²) in [6.07, 6.45) is 5.38. The molecule has 2 heterocycles. The van der Waals surface area contributed by atoms with E-state index in [0.717, 1.165) is 24.1 Å². The Morgan fingerprint density at radius 3 is 2.73 bits per heavy atom. The molecule has 22 heavy (non-hydrogen) atoms. The van der Waals surface area contributed by atoms with Crippen molar-refractivity contribution in [2.24, 2.45) is 0 Å². The number of pyridine rings is 1. The van der Waals surface area contributed by atoms with Gasteiger partial charge in [0.25, 0.3) is 0 Å². The van der Waals surface area contributed by atoms with E-state index in [2.05, 4.69) is 10.3 Å². The van der Waals surface area contributed by atoms with Crippen LogP contribution in [0.25, 0.3) is 0 Å². The normalized spacial score (nSPS) is 14.2. The molecule has 1 aromatic heterocycles. The van der Waals surface area contributed by atoms with Crippen LogP contribution in [0.3, 0.4) is 0 Å². The number of rotatable bonds is 3. The maximum atomic E-state index is 12.3. The molecule has 0 aliphatic carbocycles. The summed E-state index contributed by atoms with van der Waals surface area (Å²) in [5.74, 6) is -0.217. The van der Waals surface area contributed by atoms with Crippen LogP contribution in [0.2, 0.25) is 0 Å². The number of amides is 2. The number of aromatic nitrogens is 1. The highest BCUT2D eigenvalue weighted by molar-refractivity contribution is 6.03. The summed E-state index contributed by atoms with van der Waals surface area (Å²) in [5, 5.41) is 2.79. The van der Waals surface area contributed by atoms with Crippen molar-refractivity contribution in [1.29, 1.82) is 0 Å². The van der Waals surface area contributed by atoms with Gasteiger partial charge < -0.3 is 10.2 Å². The van der Waals surface area contributed by atoms with Crippen LogP contribution in [-0.4, -0.2) is 23.3 Å². The molecule has 0 unspecified atom stereocenters. The number of nitrogens with one attached hydrogen (secondary N) is 1. The zero-order valence-corrected chi connectivity index (χ0v) is 12.2. The van der Waals surface area contributed by atoms with E-state index >= 15 is 0 Å². The molecule has 5 nitrogen and oxygen atoms in total. The summed E-state index contributed by atoms with van der Waals surface area (Å²) in [6, 6.07) is 11.2. The van der Waals surface area contributed by atoms with Crippen molar-refractivity contribution < 1.29 is 9.59 Å². The molecule has 1 N–H and O–H groups in total. The molecular formula is C17H17N3O2. The Kier molecular flexibility index (Phi) is 4.14. The summed E-state index contributed by atoms with van der Waals surface area (Å²) < 4.78 is 0. The molecule has 0 atom stereocenters. The van der Waals surface area contributed by atoms with E-state index < -0.39 is 0 Å². The fourth-order valence-electron chi connectivity index (χ4n) is 2.64. The first-order valence-electron chi connectivity index (χ1n) is 7.32. The Bertz CT molecular complexity index is 685. The molecule has 1 aromatic carbocycles. The lowest BCUT2D eigenvalue weighted by molar-refractivity contribution is -0.121. The van der Waals surface area contributed by atoms with Gasteiger partial charge in [-0.2, -0.15) is 0 Å². The van der Waals surface area contributed by atoms with Crippen molar-refractivity contribution >= 4 is 23.2 Å². The number of benzene rings is 1. The van der Waals surface area contributed by atoms with Crippen LogP contribution in [0.15, 0.2) is 48.8 Å². The van der Waals surface area contributed by atoms with Gasteiger partial charge in [-0.05, 0) is 36.6 Å². The molecule has 1 aliphatic rings. The molecule has 2 amide bonds. The summed E-state index contributed by atoms with van der Waals surface area (Å²) in [5.41, 5.74) is 2.63. The first-order chi connectivity index (χ1) is 10.7. The number of anilines is 2. The van der Waals surface area contributed by atoms with Crippen LogP contribution in [0, 0.1) is 0 Å². The molecule has 0 spiro atoms. The highest BCUT2D eigenvalue weighted by Crippen LogP contribution is 2.26. The highest BCUT2D eigenvalue weighted by Gasteiger charge is 2.23. The Balaban J connectivity index is 1.78. The summed E-state index contributed by atoms with van der Waals surface area (Å²) in [4.78, 5) is 30.0. The zero-order chi connectivity index (χ0) is 15.4. The maximum Gasteiger partial charge on any atom is 0.244 e. The number of carbonyl (C=O) groups is 2. The van der Waals surface area contributed by atoms with Gasteiger partial charge in [0, 0.05) is 30.2 Å². The second-order valence-electron chi connectivity index (χ2n) is 5.25. The van der Waals surface area contributed by atoms with Gasteiger partial charge >= 0.3 is 0 Å². The van der Waals surface area contributed by atoms with E-state index in [9.17, 15) is 9.59 Å². The third-order valence-corrected chi connectivity index (χ3v) is 3.69. The molecule has 1 aliphatic heterocycles. The topological polar surface area (TPSA) is 62.3 Å². The van der Waals surface area contributed by atoms with Gasteiger partial charge in [-0.25, -0.2) is 0 Å². The van der Waals surface area contributed by atoms with E-state index in [1.54, 1.807) is 29.4 Å². The van der Waals surface area contributed by atoms with E-state index in [0.29, 0.717) is 12.1 Å². The van der Waals surface area contributed by atoms with E-state index in [-0.39, 0.29) is 18.4 Å². The number of para-hydroxylation sites is 1. The largest absolute Gasteiger partial charge is 0.324 e. The van der Waals surface area contributed by atoms with E-state index in [4.69, 9.17) is 0 Å². The first kappa shape index (κ1) is 14.3. The van der Waals surface area contributed by atoms with Crippen LogP contribution in [0.5, 0.6) is 0 Å². The summed E-state index contributed by atoms with van der Waals surface area (Å²) in [6.45, 7) is 0.0260. The average molecular weight is 295 g/mol. The second-order valence-corrected chi connectivity index (χ2v) is 5.25. The lowest BCUT2D eigenvalue weighted by Gasteiger charge is -2.22. The standard InChI is InChI=1S/C17H17N3O2/c21-16(19-14-8-10-18-11-9-14)12-20-15-6-2-1-4-13(15)5-3-7-17(20)22/h1-2,4,6,8-11H,3,5,7,12H2,(H,18,19,21). The molecule has 2 aromatic rings. The van der Waals surface area contributed by atoms with Crippen molar-refractivity contribution in [3.8, 4) is 0 Å². The lowest BCUT2D eigenvalue weighted by atomic mass is 10.1. The predicted octanol–water partition coefficient (Wildman–Crippen LogP) is 2.39. The molecule has 5 heteroatoms. The third-order valence-electron chi connectivity index (χ3n) is 3.69. The summed E-state index contributed by atoms with van der Waals surface area (Å²) >= 11 is 0. The molecule has 0 bridgehead atoms. The van der Waals surface area contributed by atoms with Crippen LogP contribution in [-0.2, 0) is 16.0 Å². The van der Waals surface area contributed by atoms with Gasteiger partial charge in [0.05, 0.1) is 0 Å². The monoisotopic (exact) mass is 295 g/mol. The van der Waals surface area contributed by atoms with E-state index in [1.807, 2.05) is 24.3 Å². The molecule has 0 saturated carbocycles. The van der Waals surface area contributed by atoms with Crippen LogP contribution in [0.4, 0.5) is 11.4 Å². The summed E-state index contributed by atoms with van der Waals surface area (Å²) in [7, 11) is 0. The Morgan fingerprint density at radius 1 is 1.14 bits per heavy atom. The zero-order valence-electron chi connectivity index (χ0n) is 12.2. The van der Waals surface area contributed by atoms with Crippen molar-refractivity contribution in [3.05, 3.63) is 54.4 Å². The van der Waals surface area contributed by atoms with Gasteiger partial charge in [-0.1, -0.05) is 18.2 Å². The highest BCUT2D eigenvalue weighted by atomic mass is 16.2. The smallest absolute Gasteiger partial charge is 0.244 e. The number of nitrogens with zero attached hydrogens (tertiary/aromatic N) is 2. The quantitative estimate of drug-likeness (QED) is 0.945. The maximum absolute atomic E-state index is 12.3. The average Bonchev–Trinajstić information content (AvgIpc) is 2.68. The minimum atomic E-state index is -0.212. The molecular weight excluding hydrogens is 278 g/mol. The Labute approximate surface area is 129 Å². The van der Waals surface area contributed by atoms with Gasteiger partial charge in [-0.15, -0.1) is 0 Å².